The van der Waals surface area contributed by atoms with E-state index in [-0.39, 0.29) is 23.8 Å². The Labute approximate surface area is 109 Å². The molecule has 3 atom stereocenters. The number of amides is 1. The first-order valence-electron chi connectivity index (χ1n) is 6.65. The number of ketones is 1. The van der Waals surface area contributed by atoms with Gasteiger partial charge in [0.25, 0.3) is 0 Å². The first-order chi connectivity index (χ1) is 8.03. The summed E-state index contributed by atoms with van der Waals surface area (Å²) in [6, 6.07) is 0.234. The van der Waals surface area contributed by atoms with Gasteiger partial charge in [0.15, 0.2) is 5.78 Å². The van der Waals surface area contributed by atoms with Gasteiger partial charge in [-0.2, -0.15) is 0 Å². The zero-order valence-corrected chi connectivity index (χ0v) is 12.2. The molecule has 2 rings (SSSR count). The molecule has 18 heavy (non-hydrogen) atoms. The highest BCUT2D eigenvalue weighted by Crippen LogP contribution is 2.36. The molecule has 4 heteroatoms. The monoisotopic (exact) mass is 252 g/mol. The molecule has 0 saturated carbocycles. The van der Waals surface area contributed by atoms with E-state index in [0.29, 0.717) is 12.6 Å². The minimum Gasteiger partial charge on any atom is -0.329 e. The van der Waals surface area contributed by atoms with Crippen LogP contribution in [0.3, 0.4) is 0 Å². The van der Waals surface area contributed by atoms with Crippen LogP contribution < -0.4 is 5.32 Å². The third-order valence-corrected chi connectivity index (χ3v) is 3.71. The summed E-state index contributed by atoms with van der Waals surface area (Å²) in [5, 5.41) is 3.29. The number of likely N-dealkylation sites (tertiary alicyclic amines) is 1. The molecule has 0 aliphatic carbocycles. The summed E-state index contributed by atoms with van der Waals surface area (Å²) in [6.07, 6.45) is 0. The minimum absolute atomic E-state index is 0.0825. The van der Waals surface area contributed by atoms with Crippen LogP contribution in [0.2, 0.25) is 0 Å². The average Bonchev–Trinajstić information content (AvgIpc) is 2.85. The standard InChI is InChI=1S/C14H24N2O2/c1-13(2,3)11(17)10-9-8(15-9)7-16(10)12(18)14(4,5)6/h8-10,15H,7H2,1-6H3. The maximum atomic E-state index is 12.5. The van der Waals surface area contributed by atoms with Crippen molar-refractivity contribution in [2.75, 3.05) is 6.54 Å². The van der Waals surface area contributed by atoms with Crippen molar-refractivity contribution in [3.05, 3.63) is 0 Å². The fourth-order valence-corrected chi connectivity index (χ4v) is 2.58. The fourth-order valence-electron chi connectivity index (χ4n) is 2.58. The Balaban J connectivity index is 2.22. The van der Waals surface area contributed by atoms with Crippen LogP contribution in [-0.4, -0.2) is 41.3 Å². The molecule has 0 bridgehead atoms. The lowest BCUT2D eigenvalue weighted by Gasteiger charge is -2.34. The fraction of sp³-hybridized carbons (Fsp3) is 0.857. The summed E-state index contributed by atoms with van der Waals surface area (Å²) >= 11 is 0. The van der Waals surface area contributed by atoms with Crippen molar-refractivity contribution in [3.8, 4) is 0 Å². The van der Waals surface area contributed by atoms with Gasteiger partial charge in [-0.15, -0.1) is 0 Å². The smallest absolute Gasteiger partial charge is 0.228 e. The van der Waals surface area contributed by atoms with E-state index < -0.39 is 10.8 Å². The predicted molar refractivity (Wildman–Crippen MR) is 70.1 cm³/mol. The maximum Gasteiger partial charge on any atom is 0.228 e. The summed E-state index contributed by atoms with van der Waals surface area (Å²) < 4.78 is 0. The highest BCUT2D eigenvalue weighted by molar-refractivity contribution is 5.95. The lowest BCUT2D eigenvalue weighted by atomic mass is 9.84. The van der Waals surface area contributed by atoms with Crippen molar-refractivity contribution in [1.29, 1.82) is 0 Å². The Morgan fingerprint density at radius 1 is 1.06 bits per heavy atom. The SMILES string of the molecule is CC(C)(C)C(=O)C1C2NC2CN1C(=O)C(C)(C)C. The molecule has 0 radical (unpaired) electrons. The van der Waals surface area contributed by atoms with Crippen LogP contribution in [0.5, 0.6) is 0 Å². The van der Waals surface area contributed by atoms with Crippen molar-refractivity contribution < 1.29 is 9.59 Å². The Bertz CT molecular complexity index is 390. The second-order valence-corrected chi connectivity index (χ2v) is 7.57. The molecule has 2 aliphatic rings. The van der Waals surface area contributed by atoms with Crippen LogP contribution in [0.4, 0.5) is 0 Å². The van der Waals surface area contributed by atoms with Gasteiger partial charge in [0, 0.05) is 23.4 Å². The number of hydrogen-bond acceptors (Lipinski definition) is 3. The van der Waals surface area contributed by atoms with Gasteiger partial charge < -0.3 is 10.2 Å². The topological polar surface area (TPSA) is 59.3 Å². The molecule has 0 spiro atoms. The summed E-state index contributed by atoms with van der Waals surface area (Å²) in [5.74, 6) is 0.247. The van der Waals surface area contributed by atoms with Crippen molar-refractivity contribution >= 4 is 11.7 Å². The van der Waals surface area contributed by atoms with Crippen LogP contribution >= 0.6 is 0 Å². The third-order valence-electron chi connectivity index (χ3n) is 3.71. The molecule has 0 aromatic heterocycles. The van der Waals surface area contributed by atoms with E-state index in [1.54, 1.807) is 4.90 Å². The maximum absolute atomic E-state index is 12.5. The van der Waals surface area contributed by atoms with Gasteiger partial charge in [0.1, 0.15) is 6.04 Å². The number of fused-ring (bicyclic) bond motifs is 1. The van der Waals surface area contributed by atoms with Crippen LogP contribution in [0.25, 0.3) is 0 Å². The van der Waals surface area contributed by atoms with E-state index in [0.717, 1.165) is 0 Å². The number of piperazine rings is 1. The van der Waals surface area contributed by atoms with Crippen LogP contribution in [-0.2, 0) is 9.59 Å². The Morgan fingerprint density at radius 3 is 2.06 bits per heavy atom. The predicted octanol–water partition coefficient (Wildman–Crippen LogP) is 1.20. The number of nitrogens with one attached hydrogen (secondary N) is 1. The van der Waals surface area contributed by atoms with E-state index in [4.69, 9.17) is 0 Å². The largest absolute Gasteiger partial charge is 0.329 e. The van der Waals surface area contributed by atoms with Crippen molar-refractivity contribution in [3.63, 3.8) is 0 Å². The Hall–Kier alpha value is -0.900. The van der Waals surface area contributed by atoms with E-state index in [2.05, 4.69) is 5.32 Å². The quantitative estimate of drug-likeness (QED) is 0.713. The van der Waals surface area contributed by atoms with Crippen molar-refractivity contribution in [2.24, 2.45) is 10.8 Å². The summed E-state index contributed by atoms with van der Waals surface area (Å²) in [7, 11) is 0. The van der Waals surface area contributed by atoms with Crippen LogP contribution in [0, 0.1) is 10.8 Å². The van der Waals surface area contributed by atoms with E-state index in [9.17, 15) is 9.59 Å². The summed E-state index contributed by atoms with van der Waals surface area (Å²) in [5.41, 5.74) is -0.826. The number of hydrogen-bond donors (Lipinski definition) is 1. The van der Waals surface area contributed by atoms with Gasteiger partial charge in [0.05, 0.1) is 6.04 Å². The third kappa shape index (κ3) is 2.18. The second-order valence-electron chi connectivity index (χ2n) is 7.57. The molecular formula is C14H24N2O2. The number of nitrogens with zero attached hydrogens (tertiary/aromatic N) is 1. The van der Waals surface area contributed by atoms with E-state index in [1.807, 2.05) is 41.5 Å². The first kappa shape index (κ1) is 13.5. The van der Waals surface area contributed by atoms with Crippen molar-refractivity contribution in [2.45, 2.75) is 59.7 Å². The summed E-state index contributed by atoms with van der Waals surface area (Å²) in [6.45, 7) is 12.2. The normalized spacial score (nSPS) is 31.2. The molecule has 0 aromatic rings. The van der Waals surface area contributed by atoms with Crippen molar-refractivity contribution in [1.82, 2.24) is 10.2 Å². The van der Waals surface area contributed by atoms with Gasteiger partial charge >= 0.3 is 0 Å². The first-order valence-corrected chi connectivity index (χ1v) is 6.65. The molecule has 102 valence electrons. The Kier molecular flexibility index (Phi) is 2.85. The lowest BCUT2D eigenvalue weighted by molar-refractivity contribution is -0.147. The van der Waals surface area contributed by atoms with Crippen LogP contribution in [0.15, 0.2) is 0 Å². The van der Waals surface area contributed by atoms with Gasteiger partial charge in [-0.05, 0) is 0 Å². The second kappa shape index (κ2) is 3.80. The number of rotatable bonds is 1. The van der Waals surface area contributed by atoms with Gasteiger partial charge in [0.2, 0.25) is 5.91 Å². The number of Topliss-reactive ketones (excluding diaryl/α,β-unsaturated/α-hetero) is 1. The molecule has 2 heterocycles. The molecule has 0 aromatic carbocycles. The lowest BCUT2D eigenvalue weighted by Crippen LogP contribution is -2.53. The molecule has 2 fully saturated rings. The molecule has 1 N–H and O–H groups in total. The molecule has 3 unspecified atom stereocenters. The van der Waals surface area contributed by atoms with Gasteiger partial charge in [-0.25, -0.2) is 0 Å². The molecule has 1 amide bonds. The molecule has 2 aliphatic heterocycles. The van der Waals surface area contributed by atoms with Crippen LogP contribution in [0.1, 0.15) is 41.5 Å². The molecule has 4 nitrogen and oxygen atoms in total. The van der Waals surface area contributed by atoms with Gasteiger partial charge in [-0.3, -0.25) is 9.59 Å². The average molecular weight is 252 g/mol. The zero-order chi connectivity index (χ0) is 13.9. The number of carbonyl (C=O) groups is 2. The zero-order valence-electron chi connectivity index (χ0n) is 12.2. The minimum atomic E-state index is -0.423. The molecular weight excluding hydrogens is 228 g/mol. The highest BCUT2D eigenvalue weighted by Gasteiger charge is 2.58. The number of carbonyl (C=O) groups excluding carboxylic acids is 2. The molecule has 2 saturated heterocycles. The van der Waals surface area contributed by atoms with E-state index >= 15 is 0 Å². The van der Waals surface area contributed by atoms with Gasteiger partial charge in [-0.1, -0.05) is 41.5 Å². The Morgan fingerprint density at radius 2 is 1.61 bits per heavy atom. The summed E-state index contributed by atoms with van der Waals surface area (Å²) in [4.78, 5) is 26.7. The van der Waals surface area contributed by atoms with E-state index in [1.165, 1.54) is 0 Å². The highest BCUT2D eigenvalue weighted by atomic mass is 16.2.